The summed E-state index contributed by atoms with van der Waals surface area (Å²) < 4.78 is 6.46. The predicted molar refractivity (Wildman–Crippen MR) is 52.9 cm³/mol. The highest BCUT2D eigenvalue weighted by Crippen LogP contribution is 2.29. The van der Waals surface area contributed by atoms with Crippen LogP contribution < -0.4 is 4.74 Å². The molecule has 2 nitrogen and oxygen atoms in total. The van der Waals surface area contributed by atoms with Crippen LogP contribution in [0.15, 0.2) is 29.6 Å². The first kappa shape index (κ1) is 8.09. The summed E-state index contributed by atoms with van der Waals surface area (Å²) in [6.07, 6.45) is 0. The Labute approximate surface area is 80.0 Å². The third-order valence-electron chi connectivity index (χ3n) is 1.75. The molecule has 0 N–H and O–H groups in total. The van der Waals surface area contributed by atoms with Gasteiger partial charge in [0.2, 0.25) is 0 Å². The molecule has 13 heavy (non-hydrogen) atoms. The fraction of sp³-hybridized carbons (Fsp3) is 0.100. The monoisotopic (exact) mass is 189 g/mol. The molecular formula is C10H7NOS. The molecule has 0 saturated heterocycles. The fourth-order valence-electron chi connectivity index (χ4n) is 1.20. The molecule has 0 aliphatic rings. The minimum atomic E-state index is 0.106. The van der Waals surface area contributed by atoms with Crippen LogP contribution in [0.25, 0.3) is 10.1 Å². The van der Waals surface area contributed by atoms with Crippen LogP contribution in [0.4, 0.5) is 0 Å². The predicted octanol–water partition coefficient (Wildman–Crippen LogP) is 2.80. The Bertz CT molecular complexity index is 455. The van der Waals surface area contributed by atoms with E-state index in [1.54, 1.807) is 11.3 Å². The highest BCUT2D eigenvalue weighted by atomic mass is 32.1. The highest BCUT2D eigenvalue weighted by molar-refractivity contribution is 7.17. The molecule has 0 spiro atoms. The van der Waals surface area contributed by atoms with Gasteiger partial charge >= 0.3 is 0 Å². The molecule has 64 valence electrons. The molecule has 0 amide bonds. The first-order valence-corrected chi connectivity index (χ1v) is 4.76. The van der Waals surface area contributed by atoms with Crippen molar-refractivity contribution in [3.8, 4) is 11.8 Å². The lowest BCUT2D eigenvalue weighted by Crippen LogP contribution is -1.92. The maximum Gasteiger partial charge on any atom is 0.174 e. The van der Waals surface area contributed by atoms with Crippen molar-refractivity contribution in [1.82, 2.24) is 0 Å². The maximum absolute atomic E-state index is 8.38. The zero-order chi connectivity index (χ0) is 9.10. The van der Waals surface area contributed by atoms with E-state index >= 15 is 0 Å². The Kier molecular flexibility index (Phi) is 2.15. The Morgan fingerprint density at radius 3 is 3.15 bits per heavy atom. The highest BCUT2D eigenvalue weighted by Gasteiger charge is 2.01. The van der Waals surface area contributed by atoms with Crippen LogP contribution >= 0.6 is 11.3 Å². The van der Waals surface area contributed by atoms with E-state index in [0.29, 0.717) is 0 Å². The van der Waals surface area contributed by atoms with Gasteiger partial charge in [-0.3, -0.25) is 0 Å². The van der Waals surface area contributed by atoms with Crippen molar-refractivity contribution in [3.63, 3.8) is 0 Å². The van der Waals surface area contributed by atoms with Gasteiger partial charge in [0.05, 0.1) is 0 Å². The molecule has 0 aliphatic heterocycles. The van der Waals surface area contributed by atoms with Crippen LogP contribution in [-0.2, 0) is 0 Å². The quantitative estimate of drug-likeness (QED) is 0.727. The third-order valence-corrected chi connectivity index (χ3v) is 2.63. The fourth-order valence-corrected chi connectivity index (χ4v) is 2.01. The van der Waals surface area contributed by atoms with E-state index in [1.807, 2.05) is 35.7 Å². The third kappa shape index (κ3) is 1.49. The Hall–Kier alpha value is -1.53. The molecular weight excluding hydrogens is 182 g/mol. The van der Waals surface area contributed by atoms with Crippen molar-refractivity contribution in [3.05, 3.63) is 29.6 Å². The molecule has 1 aromatic heterocycles. The molecule has 2 aromatic rings. The first-order valence-electron chi connectivity index (χ1n) is 3.88. The van der Waals surface area contributed by atoms with Crippen LogP contribution in [0.2, 0.25) is 0 Å². The molecule has 0 unspecified atom stereocenters. The van der Waals surface area contributed by atoms with Crippen LogP contribution in [0.5, 0.6) is 5.75 Å². The van der Waals surface area contributed by atoms with Crippen molar-refractivity contribution >= 4 is 21.4 Å². The van der Waals surface area contributed by atoms with E-state index in [0.717, 1.165) is 11.1 Å². The number of hydrogen-bond acceptors (Lipinski definition) is 3. The van der Waals surface area contributed by atoms with Gasteiger partial charge in [-0.05, 0) is 23.6 Å². The molecule has 0 saturated carbocycles. The summed E-state index contributed by atoms with van der Waals surface area (Å²) in [4.78, 5) is 0. The van der Waals surface area contributed by atoms with Gasteiger partial charge in [0, 0.05) is 10.1 Å². The van der Waals surface area contributed by atoms with Crippen molar-refractivity contribution in [1.29, 1.82) is 5.26 Å². The normalized spacial score (nSPS) is 9.77. The topological polar surface area (TPSA) is 33.0 Å². The van der Waals surface area contributed by atoms with E-state index in [2.05, 4.69) is 0 Å². The second kappa shape index (κ2) is 3.46. The summed E-state index contributed by atoms with van der Waals surface area (Å²) in [6.45, 7) is 0.106. The molecule has 1 heterocycles. The van der Waals surface area contributed by atoms with Gasteiger partial charge in [-0.25, -0.2) is 0 Å². The number of rotatable bonds is 2. The second-order valence-electron chi connectivity index (χ2n) is 2.54. The lowest BCUT2D eigenvalue weighted by atomic mass is 10.2. The minimum Gasteiger partial charge on any atom is -0.478 e. The van der Waals surface area contributed by atoms with Crippen LogP contribution in [0.3, 0.4) is 0 Å². The summed E-state index contributed by atoms with van der Waals surface area (Å²) in [6, 6.07) is 9.82. The molecule has 0 bridgehead atoms. The number of thiophene rings is 1. The van der Waals surface area contributed by atoms with Gasteiger partial charge in [-0.15, -0.1) is 11.3 Å². The van der Waals surface area contributed by atoms with Gasteiger partial charge in [-0.2, -0.15) is 5.26 Å². The zero-order valence-electron chi connectivity index (χ0n) is 6.86. The summed E-state index contributed by atoms with van der Waals surface area (Å²) in [5, 5.41) is 11.5. The lowest BCUT2D eigenvalue weighted by Gasteiger charge is -2.01. The van der Waals surface area contributed by atoms with Gasteiger partial charge < -0.3 is 4.74 Å². The Balaban J connectivity index is 2.44. The SMILES string of the molecule is N#CCOc1cccc2sccc12. The molecule has 2 rings (SSSR count). The molecule has 0 aliphatic carbocycles. The number of nitrogens with zero attached hydrogens (tertiary/aromatic N) is 1. The number of hydrogen-bond donors (Lipinski definition) is 0. The average molecular weight is 189 g/mol. The smallest absolute Gasteiger partial charge is 0.174 e. The van der Waals surface area contributed by atoms with Crippen LogP contribution in [0, 0.1) is 11.3 Å². The van der Waals surface area contributed by atoms with E-state index in [-0.39, 0.29) is 6.61 Å². The average Bonchev–Trinajstić information content (AvgIpc) is 2.62. The zero-order valence-corrected chi connectivity index (χ0v) is 7.67. The standard InChI is InChI=1S/C10H7NOS/c11-5-6-12-9-2-1-3-10-8(9)4-7-13-10/h1-4,7H,6H2. The second-order valence-corrected chi connectivity index (χ2v) is 3.48. The number of ether oxygens (including phenoxy) is 1. The maximum atomic E-state index is 8.38. The van der Waals surface area contributed by atoms with Crippen molar-refractivity contribution in [2.75, 3.05) is 6.61 Å². The van der Waals surface area contributed by atoms with Gasteiger partial charge in [0.1, 0.15) is 11.8 Å². The summed E-state index contributed by atoms with van der Waals surface area (Å²) >= 11 is 1.67. The lowest BCUT2D eigenvalue weighted by molar-refractivity contribution is 0.372. The van der Waals surface area contributed by atoms with Crippen molar-refractivity contribution < 1.29 is 4.74 Å². The molecule has 0 fully saturated rings. The van der Waals surface area contributed by atoms with E-state index < -0.39 is 0 Å². The molecule has 1 aromatic carbocycles. The van der Waals surface area contributed by atoms with Gasteiger partial charge in [-0.1, -0.05) is 6.07 Å². The van der Waals surface area contributed by atoms with Crippen LogP contribution in [0.1, 0.15) is 0 Å². The number of benzene rings is 1. The van der Waals surface area contributed by atoms with E-state index in [1.165, 1.54) is 4.70 Å². The molecule has 0 atom stereocenters. The Morgan fingerprint density at radius 2 is 2.31 bits per heavy atom. The van der Waals surface area contributed by atoms with Gasteiger partial charge in [0.15, 0.2) is 6.61 Å². The molecule has 0 radical (unpaired) electrons. The minimum absolute atomic E-state index is 0.106. The summed E-state index contributed by atoms with van der Waals surface area (Å²) in [5.41, 5.74) is 0. The summed E-state index contributed by atoms with van der Waals surface area (Å²) in [5.74, 6) is 0.792. The van der Waals surface area contributed by atoms with Crippen LogP contribution in [-0.4, -0.2) is 6.61 Å². The first-order chi connectivity index (χ1) is 6.42. The van der Waals surface area contributed by atoms with Crippen molar-refractivity contribution in [2.45, 2.75) is 0 Å². The van der Waals surface area contributed by atoms with E-state index in [9.17, 15) is 0 Å². The van der Waals surface area contributed by atoms with E-state index in [4.69, 9.17) is 10.00 Å². The summed E-state index contributed by atoms with van der Waals surface area (Å²) in [7, 11) is 0. The largest absolute Gasteiger partial charge is 0.478 e. The Morgan fingerprint density at radius 1 is 1.38 bits per heavy atom. The number of nitriles is 1. The molecule has 3 heteroatoms. The number of fused-ring (bicyclic) bond motifs is 1. The van der Waals surface area contributed by atoms with Gasteiger partial charge in [0.25, 0.3) is 0 Å². The van der Waals surface area contributed by atoms with Crippen molar-refractivity contribution in [2.24, 2.45) is 0 Å².